The highest BCUT2D eigenvalue weighted by Gasteiger charge is 2.66. The smallest absolute Gasteiger partial charge is 0.408 e. The lowest BCUT2D eigenvalue weighted by Crippen LogP contribution is -2.58. The first-order chi connectivity index (χ1) is 30.2. The fourth-order valence-corrected chi connectivity index (χ4v) is 11.9. The highest BCUT2D eigenvalue weighted by molar-refractivity contribution is 7.59. The summed E-state index contributed by atoms with van der Waals surface area (Å²) >= 11 is 7.24. The van der Waals surface area contributed by atoms with Crippen LogP contribution < -0.4 is 25.4 Å². The molecule has 0 radical (unpaired) electrons. The van der Waals surface area contributed by atoms with Gasteiger partial charge in [0, 0.05) is 41.3 Å². The predicted molar refractivity (Wildman–Crippen MR) is 242 cm³/mol. The van der Waals surface area contributed by atoms with Crippen LogP contribution in [0.3, 0.4) is 0 Å². The first-order valence-corrected chi connectivity index (χ1v) is 24.4. The second-order valence-corrected chi connectivity index (χ2v) is 21.9. The number of pyridine rings is 1. The van der Waals surface area contributed by atoms with Gasteiger partial charge in [0.05, 0.1) is 31.0 Å². The number of fused-ring (bicyclic) bond motifs is 1. The third-order valence-corrected chi connectivity index (χ3v) is 15.7. The van der Waals surface area contributed by atoms with Crippen LogP contribution in [0.2, 0.25) is 5.02 Å². The topological polar surface area (TPSA) is 181 Å². The Bertz CT molecular complexity index is 2500. The van der Waals surface area contributed by atoms with E-state index in [-0.39, 0.29) is 37.1 Å². The number of benzene rings is 2. The van der Waals surface area contributed by atoms with Crippen molar-refractivity contribution in [2.45, 2.75) is 115 Å². The molecule has 2 aliphatic carbocycles. The van der Waals surface area contributed by atoms with Crippen LogP contribution in [0.1, 0.15) is 78.7 Å². The lowest BCUT2D eigenvalue weighted by molar-refractivity contribution is -0.142. The number of thiazole rings is 1. The van der Waals surface area contributed by atoms with Gasteiger partial charge in [0.2, 0.25) is 19.2 Å². The van der Waals surface area contributed by atoms with E-state index < -0.39 is 82.9 Å². The van der Waals surface area contributed by atoms with Crippen LogP contribution in [0, 0.1) is 23.0 Å². The number of rotatable bonds is 15. The fraction of sp³-hybridized carbons (Fsp3) is 0.489. The van der Waals surface area contributed by atoms with Crippen molar-refractivity contribution in [2.75, 3.05) is 19.0 Å². The molecule has 0 bridgehead atoms. The zero-order chi connectivity index (χ0) is 46.3. The number of aromatic nitrogens is 2. The van der Waals surface area contributed by atoms with Gasteiger partial charge in [0.1, 0.15) is 63.4 Å². The molecule has 14 nitrogen and oxygen atoms in total. The lowest BCUT2D eigenvalue weighted by Gasteiger charge is -2.36. The van der Waals surface area contributed by atoms with Crippen molar-refractivity contribution in [3.05, 3.63) is 76.7 Å². The van der Waals surface area contributed by atoms with Gasteiger partial charge in [-0.05, 0) is 75.1 Å². The fourth-order valence-electron chi connectivity index (χ4n) is 8.46. The second kappa shape index (κ2) is 18.6. The molecular formula is C45H54ClF2N6O8PS. The number of carbonyl (C=O) groups excluding carboxylic acids is 3. The number of methoxy groups -OCH3 is 1. The standard InChI is InChI=1S/C45H54ClF2N6O8PS/c1-8-26-20-45(26,63(58,59)22-25-13-16-31(47)37(46)38(25)48)53-40(55)35-18-29(21-54(35)41(56)39(44(4,5)6)52-43(57)62-27-11-9-10-12-27)61-36-19-33(34-23-64-42(51-34)49-24(2)3)50-32-17-28(60-7)14-15-30(32)36/h8,13-17,19,23-24,26-27,29,35,39H,1,9-12,18,20-22H2,2-7H3,(H,49,51)(H,52,57)(H,53,55)(H,58,59)/t26-,29-,35+,39?,45+/m1/s1. The van der Waals surface area contributed by atoms with Crippen LogP contribution >= 0.6 is 30.3 Å². The molecule has 3 amide bonds. The summed E-state index contributed by atoms with van der Waals surface area (Å²) in [6.07, 6.45) is 2.03. The first-order valence-electron chi connectivity index (χ1n) is 21.3. The molecule has 0 spiro atoms. The molecule has 1 aliphatic heterocycles. The van der Waals surface area contributed by atoms with E-state index in [0.717, 1.165) is 25.0 Å². The third kappa shape index (κ3) is 9.87. The van der Waals surface area contributed by atoms with Gasteiger partial charge in [-0.15, -0.1) is 17.9 Å². The Balaban J connectivity index is 1.23. The molecule has 1 saturated heterocycles. The normalized spacial score (nSPS) is 22.5. The van der Waals surface area contributed by atoms with Gasteiger partial charge in [0.15, 0.2) is 5.13 Å². The molecule has 4 N–H and O–H groups in total. The van der Waals surface area contributed by atoms with Crippen molar-refractivity contribution >= 4 is 64.2 Å². The zero-order valence-corrected chi connectivity index (χ0v) is 39.0. The molecule has 4 aromatic rings. The van der Waals surface area contributed by atoms with Gasteiger partial charge in [-0.2, -0.15) is 0 Å². The molecule has 3 fully saturated rings. The molecule has 6 atom stereocenters. The van der Waals surface area contributed by atoms with Gasteiger partial charge >= 0.3 is 6.09 Å². The molecule has 2 aromatic carbocycles. The number of ether oxygens (including phenoxy) is 3. The SMILES string of the molecule is C=C[C@@H]1C[C@]1(NC(=O)[C@@H]1C[C@@H](Oc2cc(-c3csc(NC(C)C)n3)nc3cc(OC)ccc23)CN1C(=O)C(NC(=O)OC1CCCC1)C(C)(C)C)P(=O)(O)Cc1ccc(F)c(Cl)c1F. The number of likely N-dealkylation sites (tertiary alicyclic amines) is 1. The Morgan fingerprint density at radius 3 is 2.50 bits per heavy atom. The Morgan fingerprint density at radius 2 is 1.84 bits per heavy atom. The summed E-state index contributed by atoms with van der Waals surface area (Å²) in [6.45, 7) is 13.0. The Kier molecular flexibility index (Phi) is 13.7. The number of hydrogen-bond acceptors (Lipinski definition) is 11. The molecule has 3 aliphatic rings. The van der Waals surface area contributed by atoms with Crippen molar-refractivity contribution in [3.63, 3.8) is 0 Å². The predicted octanol–water partition coefficient (Wildman–Crippen LogP) is 9.04. The minimum atomic E-state index is -4.56. The number of carbonyl (C=O) groups is 3. The van der Waals surface area contributed by atoms with Gasteiger partial charge in [-0.1, -0.05) is 44.5 Å². The molecule has 19 heteroatoms. The monoisotopic (exact) mass is 942 g/mol. The first kappa shape index (κ1) is 47.1. The molecule has 3 heterocycles. The van der Waals surface area contributed by atoms with Gasteiger partial charge in [-0.3, -0.25) is 14.2 Å². The summed E-state index contributed by atoms with van der Waals surface area (Å²) in [4.78, 5) is 65.6. The maximum atomic E-state index is 15.1. The van der Waals surface area contributed by atoms with Crippen molar-refractivity contribution in [1.29, 1.82) is 0 Å². The van der Waals surface area contributed by atoms with Crippen molar-refractivity contribution < 1.29 is 46.8 Å². The molecule has 2 aromatic heterocycles. The summed E-state index contributed by atoms with van der Waals surface area (Å²) in [7, 11) is -3.02. The second-order valence-electron chi connectivity index (χ2n) is 18.1. The van der Waals surface area contributed by atoms with Gasteiger partial charge < -0.3 is 40.0 Å². The Labute approximate surface area is 379 Å². The number of nitrogens with one attached hydrogen (secondary N) is 3. The van der Waals surface area contributed by atoms with E-state index >= 15 is 4.39 Å². The van der Waals surface area contributed by atoms with E-state index in [1.807, 2.05) is 19.2 Å². The number of anilines is 1. The summed E-state index contributed by atoms with van der Waals surface area (Å²) in [6, 6.07) is 6.72. The molecule has 2 saturated carbocycles. The van der Waals surface area contributed by atoms with E-state index in [1.54, 1.807) is 52.1 Å². The van der Waals surface area contributed by atoms with Crippen LogP contribution in [-0.4, -0.2) is 86.9 Å². The summed E-state index contributed by atoms with van der Waals surface area (Å²) in [5.74, 6) is -3.32. The van der Waals surface area contributed by atoms with Crippen LogP contribution in [0.25, 0.3) is 22.3 Å². The van der Waals surface area contributed by atoms with Crippen LogP contribution in [0.4, 0.5) is 18.7 Å². The van der Waals surface area contributed by atoms with Crippen LogP contribution in [0.5, 0.6) is 11.5 Å². The van der Waals surface area contributed by atoms with Gasteiger partial charge in [-0.25, -0.2) is 23.5 Å². The van der Waals surface area contributed by atoms with E-state index in [9.17, 15) is 28.2 Å². The summed E-state index contributed by atoms with van der Waals surface area (Å²) in [5.41, 5.74) is 0.465. The average Bonchev–Trinajstić information content (AvgIpc) is 3.63. The lowest BCUT2D eigenvalue weighted by atomic mass is 9.85. The zero-order valence-electron chi connectivity index (χ0n) is 36.6. The minimum absolute atomic E-state index is 0.00734. The van der Waals surface area contributed by atoms with E-state index in [1.165, 1.54) is 22.3 Å². The average molecular weight is 943 g/mol. The van der Waals surface area contributed by atoms with E-state index in [4.69, 9.17) is 35.8 Å². The number of amides is 3. The van der Waals surface area contributed by atoms with Crippen LogP contribution in [-0.2, 0) is 25.1 Å². The highest BCUT2D eigenvalue weighted by Crippen LogP contribution is 2.71. The van der Waals surface area contributed by atoms with Crippen molar-refractivity contribution in [1.82, 2.24) is 25.5 Å². The quantitative estimate of drug-likeness (QED) is 0.0507. The highest BCUT2D eigenvalue weighted by atomic mass is 35.5. The summed E-state index contributed by atoms with van der Waals surface area (Å²) in [5, 5.41) is 9.46. The molecule has 7 rings (SSSR count). The number of nitrogens with zero attached hydrogens (tertiary/aromatic N) is 3. The summed E-state index contributed by atoms with van der Waals surface area (Å²) < 4.78 is 61.4. The van der Waals surface area contributed by atoms with E-state index in [0.29, 0.717) is 51.8 Å². The van der Waals surface area contributed by atoms with Crippen molar-refractivity contribution in [3.8, 4) is 22.9 Å². The molecular weight excluding hydrogens is 889 g/mol. The molecule has 64 heavy (non-hydrogen) atoms. The third-order valence-electron chi connectivity index (χ3n) is 12.0. The maximum Gasteiger partial charge on any atom is 0.408 e. The largest absolute Gasteiger partial charge is 0.497 e. The van der Waals surface area contributed by atoms with E-state index in [2.05, 4.69) is 22.5 Å². The Hall–Kier alpha value is -4.83. The number of halogens is 3. The maximum absolute atomic E-state index is 15.1. The minimum Gasteiger partial charge on any atom is -0.497 e. The Morgan fingerprint density at radius 1 is 1.11 bits per heavy atom. The number of hydrogen-bond donors (Lipinski definition) is 4. The van der Waals surface area contributed by atoms with Crippen LogP contribution in [0.15, 0.2) is 54.4 Å². The molecule has 344 valence electrons. The van der Waals surface area contributed by atoms with Crippen molar-refractivity contribution in [2.24, 2.45) is 11.3 Å². The molecule has 2 unspecified atom stereocenters. The number of alkyl carbamates (subject to hydrolysis) is 1. The van der Waals surface area contributed by atoms with Gasteiger partial charge in [0.25, 0.3) is 0 Å².